The lowest BCUT2D eigenvalue weighted by molar-refractivity contribution is 0.0119. The second-order valence-electron chi connectivity index (χ2n) is 4.84. The van der Waals surface area contributed by atoms with Gasteiger partial charge in [0.25, 0.3) is 0 Å². The van der Waals surface area contributed by atoms with Gasteiger partial charge in [-0.05, 0) is 25.4 Å². The molecule has 0 amide bonds. The van der Waals surface area contributed by atoms with Gasteiger partial charge in [0.1, 0.15) is 18.0 Å². The molecule has 0 saturated carbocycles. The molecule has 19 heavy (non-hydrogen) atoms. The Morgan fingerprint density at radius 3 is 3.00 bits per heavy atom. The predicted molar refractivity (Wildman–Crippen MR) is 67.5 cm³/mol. The Bertz CT molecular complexity index is 543. The average Bonchev–Trinajstić information content (AvgIpc) is 2.36. The first-order valence-electron chi connectivity index (χ1n) is 5.87. The van der Waals surface area contributed by atoms with Crippen molar-refractivity contribution >= 4 is 0 Å². The summed E-state index contributed by atoms with van der Waals surface area (Å²) >= 11 is 0. The molecule has 6 nitrogen and oxygen atoms in total. The molecule has 2 N–H and O–H groups in total. The Morgan fingerprint density at radius 1 is 1.63 bits per heavy atom. The zero-order valence-corrected chi connectivity index (χ0v) is 10.8. The van der Waals surface area contributed by atoms with E-state index in [1.54, 1.807) is 13.8 Å². The van der Waals surface area contributed by atoms with Gasteiger partial charge in [-0.15, -0.1) is 0 Å². The van der Waals surface area contributed by atoms with E-state index in [1.807, 2.05) is 0 Å². The molecule has 0 aliphatic carbocycles. The van der Waals surface area contributed by atoms with Crippen LogP contribution >= 0.6 is 0 Å². The van der Waals surface area contributed by atoms with Gasteiger partial charge in [-0.3, -0.25) is 0 Å². The molecule has 2 rings (SSSR count). The minimum absolute atomic E-state index is 0.124. The summed E-state index contributed by atoms with van der Waals surface area (Å²) in [6.45, 7) is 3.80. The lowest BCUT2D eigenvalue weighted by atomic mass is 10.0. The number of nitrogens with two attached hydrogens (primary N) is 1. The van der Waals surface area contributed by atoms with Crippen LogP contribution < -0.4 is 15.2 Å². The number of nitrogens with zero attached hydrogens (tertiary/aromatic N) is 3. The van der Waals surface area contributed by atoms with E-state index >= 15 is 0 Å². The van der Waals surface area contributed by atoms with E-state index in [0.29, 0.717) is 17.1 Å². The van der Waals surface area contributed by atoms with Gasteiger partial charge in [-0.25, -0.2) is 4.39 Å². The molecule has 0 bridgehead atoms. The van der Waals surface area contributed by atoms with Crippen molar-refractivity contribution in [2.45, 2.75) is 25.5 Å². The fourth-order valence-electron chi connectivity index (χ4n) is 1.91. The Hall–Kier alpha value is -1.98. The van der Waals surface area contributed by atoms with Gasteiger partial charge in [0.2, 0.25) is 0 Å². The molecular formula is C12H15FN4O2. The van der Waals surface area contributed by atoms with Crippen LogP contribution in [0.15, 0.2) is 17.2 Å². The van der Waals surface area contributed by atoms with Crippen molar-refractivity contribution in [1.82, 2.24) is 0 Å². The smallest absolute Gasteiger partial charge is 0.167 e. The molecule has 1 aromatic carbocycles. The summed E-state index contributed by atoms with van der Waals surface area (Å²) in [5.74, 6) is 0.317. The minimum Gasteiger partial charge on any atom is -0.485 e. The number of rotatable bonds is 3. The van der Waals surface area contributed by atoms with Gasteiger partial charge in [0, 0.05) is 22.6 Å². The highest BCUT2D eigenvalue weighted by Crippen LogP contribution is 2.41. The SMILES string of the molecule is CC(N)c1cc(F)cc2c1OC(C)(CN=[N+]=[N-])CO2. The molecule has 102 valence electrons. The molecular weight excluding hydrogens is 251 g/mol. The summed E-state index contributed by atoms with van der Waals surface area (Å²) in [4.78, 5) is 2.71. The van der Waals surface area contributed by atoms with Crippen molar-refractivity contribution in [3.63, 3.8) is 0 Å². The second-order valence-corrected chi connectivity index (χ2v) is 4.84. The van der Waals surface area contributed by atoms with Crippen molar-refractivity contribution < 1.29 is 13.9 Å². The highest BCUT2D eigenvalue weighted by Gasteiger charge is 2.34. The van der Waals surface area contributed by atoms with Crippen LogP contribution in [0.3, 0.4) is 0 Å². The Kier molecular flexibility index (Phi) is 3.50. The summed E-state index contributed by atoms with van der Waals surface area (Å²) < 4.78 is 24.8. The second kappa shape index (κ2) is 4.95. The van der Waals surface area contributed by atoms with Crippen LogP contribution in [0.2, 0.25) is 0 Å². The number of ether oxygens (including phenoxy) is 2. The summed E-state index contributed by atoms with van der Waals surface area (Å²) in [6.07, 6.45) is 0. The Morgan fingerprint density at radius 2 is 2.37 bits per heavy atom. The van der Waals surface area contributed by atoms with E-state index in [-0.39, 0.29) is 13.2 Å². The lowest BCUT2D eigenvalue weighted by Gasteiger charge is -2.36. The topological polar surface area (TPSA) is 93.2 Å². The molecule has 0 aromatic heterocycles. The number of fused-ring (bicyclic) bond motifs is 1. The standard InChI is InChI=1S/C12H15FN4O2/c1-7(14)9-3-8(13)4-10-11(9)19-12(2,6-18-10)5-16-17-15/h3-4,7H,5-6,14H2,1-2H3. The van der Waals surface area contributed by atoms with Crippen molar-refractivity contribution in [3.05, 3.63) is 34.0 Å². The number of hydrogen-bond donors (Lipinski definition) is 1. The first kappa shape index (κ1) is 13.5. The maximum atomic E-state index is 13.5. The van der Waals surface area contributed by atoms with E-state index in [2.05, 4.69) is 10.0 Å². The molecule has 1 heterocycles. The number of hydrogen-bond acceptors (Lipinski definition) is 4. The normalized spacial score (nSPS) is 22.5. The molecule has 2 atom stereocenters. The number of halogens is 1. The first-order chi connectivity index (χ1) is 8.95. The van der Waals surface area contributed by atoms with E-state index in [9.17, 15) is 4.39 Å². The van der Waals surface area contributed by atoms with Gasteiger partial charge >= 0.3 is 0 Å². The third-order valence-electron chi connectivity index (χ3n) is 2.89. The van der Waals surface area contributed by atoms with E-state index in [1.165, 1.54) is 12.1 Å². The van der Waals surface area contributed by atoms with Crippen molar-refractivity contribution in [1.29, 1.82) is 0 Å². The molecule has 0 radical (unpaired) electrons. The molecule has 1 aliphatic heterocycles. The van der Waals surface area contributed by atoms with E-state index < -0.39 is 17.5 Å². The Balaban J connectivity index is 2.40. The first-order valence-corrected chi connectivity index (χ1v) is 5.87. The van der Waals surface area contributed by atoms with Gasteiger partial charge in [-0.2, -0.15) is 0 Å². The van der Waals surface area contributed by atoms with Crippen LogP contribution in [0, 0.1) is 5.82 Å². The van der Waals surface area contributed by atoms with Crippen LogP contribution in [0.25, 0.3) is 10.4 Å². The number of azide groups is 1. The summed E-state index contributed by atoms with van der Waals surface area (Å²) in [5.41, 5.74) is 13.9. The molecule has 0 spiro atoms. The van der Waals surface area contributed by atoms with Gasteiger partial charge < -0.3 is 15.2 Å². The fraction of sp³-hybridized carbons (Fsp3) is 0.500. The maximum absolute atomic E-state index is 13.5. The summed E-state index contributed by atoms with van der Waals surface area (Å²) in [7, 11) is 0. The third kappa shape index (κ3) is 2.72. The zero-order valence-electron chi connectivity index (χ0n) is 10.8. The highest BCUT2D eigenvalue weighted by molar-refractivity contribution is 5.50. The van der Waals surface area contributed by atoms with Crippen LogP contribution in [-0.2, 0) is 0 Å². The number of benzene rings is 1. The monoisotopic (exact) mass is 266 g/mol. The van der Waals surface area contributed by atoms with E-state index in [4.69, 9.17) is 20.7 Å². The molecule has 7 heteroatoms. The molecule has 1 aromatic rings. The Labute approximate surface area is 109 Å². The van der Waals surface area contributed by atoms with E-state index in [0.717, 1.165) is 0 Å². The van der Waals surface area contributed by atoms with Crippen molar-refractivity contribution in [2.24, 2.45) is 10.8 Å². The summed E-state index contributed by atoms with van der Waals surface area (Å²) in [5, 5.41) is 3.50. The predicted octanol–water partition coefficient (Wildman–Crippen LogP) is 2.69. The van der Waals surface area contributed by atoms with Crippen LogP contribution in [-0.4, -0.2) is 18.8 Å². The molecule has 0 fully saturated rings. The average molecular weight is 266 g/mol. The van der Waals surface area contributed by atoms with Crippen LogP contribution in [0.5, 0.6) is 11.5 Å². The van der Waals surface area contributed by atoms with Gasteiger partial charge in [0.05, 0.1) is 6.54 Å². The molecule has 1 aliphatic rings. The van der Waals surface area contributed by atoms with Crippen molar-refractivity contribution in [2.75, 3.05) is 13.2 Å². The largest absolute Gasteiger partial charge is 0.485 e. The third-order valence-corrected chi connectivity index (χ3v) is 2.89. The molecule has 0 saturated heterocycles. The van der Waals surface area contributed by atoms with Crippen LogP contribution in [0.1, 0.15) is 25.5 Å². The van der Waals surface area contributed by atoms with Gasteiger partial charge in [-0.1, -0.05) is 5.11 Å². The quantitative estimate of drug-likeness (QED) is 0.517. The molecule has 2 unspecified atom stereocenters. The minimum atomic E-state index is -0.777. The zero-order chi connectivity index (χ0) is 14.0. The lowest BCUT2D eigenvalue weighted by Crippen LogP contribution is -2.45. The summed E-state index contributed by atoms with van der Waals surface area (Å²) in [6, 6.07) is 2.19. The van der Waals surface area contributed by atoms with Crippen LogP contribution in [0.4, 0.5) is 4.39 Å². The maximum Gasteiger partial charge on any atom is 0.167 e. The highest BCUT2D eigenvalue weighted by atomic mass is 19.1. The fourth-order valence-corrected chi connectivity index (χ4v) is 1.91. The van der Waals surface area contributed by atoms with Gasteiger partial charge in [0.15, 0.2) is 11.5 Å². The van der Waals surface area contributed by atoms with Crippen molar-refractivity contribution in [3.8, 4) is 11.5 Å².